The van der Waals surface area contributed by atoms with Crippen molar-refractivity contribution in [3.8, 4) is 0 Å². The molecule has 1 aliphatic carbocycles. The van der Waals surface area contributed by atoms with Gasteiger partial charge < -0.3 is 10.2 Å². The molecule has 0 amide bonds. The van der Waals surface area contributed by atoms with Crippen molar-refractivity contribution in [1.82, 2.24) is 10.2 Å². The molecule has 0 unspecified atom stereocenters. The van der Waals surface area contributed by atoms with Crippen LogP contribution >= 0.6 is 11.8 Å². The topological polar surface area (TPSA) is 15.3 Å². The summed E-state index contributed by atoms with van der Waals surface area (Å²) in [5.74, 6) is 3.83. The van der Waals surface area contributed by atoms with Crippen molar-refractivity contribution in [2.45, 2.75) is 50.6 Å². The Labute approximate surface area is 110 Å². The second kappa shape index (κ2) is 5.94. The van der Waals surface area contributed by atoms with Crippen molar-refractivity contribution >= 4 is 11.8 Å². The predicted molar refractivity (Wildman–Crippen MR) is 75.7 cm³/mol. The fourth-order valence-electron chi connectivity index (χ4n) is 3.28. The molecular weight excluding hydrogens is 228 g/mol. The highest BCUT2D eigenvalue weighted by molar-refractivity contribution is 7.99. The van der Waals surface area contributed by atoms with Crippen molar-refractivity contribution in [2.75, 3.05) is 31.1 Å². The van der Waals surface area contributed by atoms with Crippen LogP contribution in [0.25, 0.3) is 0 Å². The summed E-state index contributed by atoms with van der Waals surface area (Å²) >= 11 is 2.16. The molecule has 0 aromatic heterocycles. The Bertz CT molecular complexity index is 242. The van der Waals surface area contributed by atoms with Gasteiger partial charge in [0.05, 0.1) is 0 Å². The molecule has 1 saturated carbocycles. The first kappa shape index (κ1) is 12.3. The van der Waals surface area contributed by atoms with E-state index in [2.05, 4.69) is 22.0 Å². The van der Waals surface area contributed by atoms with Crippen LogP contribution in [0.4, 0.5) is 0 Å². The molecule has 2 atom stereocenters. The lowest BCUT2D eigenvalue weighted by Gasteiger charge is -2.35. The van der Waals surface area contributed by atoms with E-state index in [9.17, 15) is 0 Å². The average Bonchev–Trinajstić information content (AvgIpc) is 3.05. The van der Waals surface area contributed by atoms with E-state index < -0.39 is 0 Å². The molecule has 3 heteroatoms. The van der Waals surface area contributed by atoms with Gasteiger partial charge in [-0.05, 0) is 63.3 Å². The Morgan fingerprint density at radius 3 is 2.94 bits per heavy atom. The molecule has 0 aromatic carbocycles. The van der Waals surface area contributed by atoms with E-state index in [4.69, 9.17) is 0 Å². The molecule has 0 bridgehead atoms. The third-order valence-electron chi connectivity index (χ3n) is 4.55. The van der Waals surface area contributed by atoms with Crippen LogP contribution in [0, 0.1) is 5.92 Å². The highest BCUT2D eigenvalue weighted by Gasteiger charge is 2.31. The first-order chi connectivity index (χ1) is 8.42. The van der Waals surface area contributed by atoms with Crippen LogP contribution in [0.2, 0.25) is 0 Å². The van der Waals surface area contributed by atoms with Gasteiger partial charge in [0.15, 0.2) is 0 Å². The molecule has 2 aliphatic heterocycles. The van der Waals surface area contributed by atoms with E-state index in [1.807, 2.05) is 0 Å². The van der Waals surface area contributed by atoms with Gasteiger partial charge in [0.1, 0.15) is 0 Å². The summed E-state index contributed by atoms with van der Waals surface area (Å²) in [5.41, 5.74) is 0. The Balaban J connectivity index is 1.27. The molecule has 2 saturated heterocycles. The summed E-state index contributed by atoms with van der Waals surface area (Å²) in [4.78, 5) is 2.71. The van der Waals surface area contributed by atoms with Crippen LogP contribution in [0.3, 0.4) is 0 Å². The van der Waals surface area contributed by atoms with E-state index in [0.717, 1.165) is 18.0 Å². The SMILES string of the molecule is C1C[C@H]2C[C@H](NCCSCC3CC3)CCN2C1. The molecule has 0 radical (unpaired) electrons. The third kappa shape index (κ3) is 3.62. The van der Waals surface area contributed by atoms with Crippen molar-refractivity contribution < 1.29 is 0 Å². The van der Waals surface area contributed by atoms with Crippen LogP contribution in [0.1, 0.15) is 38.5 Å². The maximum Gasteiger partial charge on any atom is 0.0111 e. The van der Waals surface area contributed by atoms with Gasteiger partial charge in [0, 0.05) is 24.4 Å². The van der Waals surface area contributed by atoms with E-state index in [1.54, 1.807) is 0 Å². The van der Waals surface area contributed by atoms with Gasteiger partial charge in [0.25, 0.3) is 0 Å². The Morgan fingerprint density at radius 2 is 2.06 bits per heavy atom. The minimum absolute atomic E-state index is 0.816. The smallest absolute Gasteiger partial charge is 0.0111 e. The standard InChI is InChI=1S/C14H26N2S/c1-2-14-10-13(5-8-16(14)7-1)15-6-9-17-11-12-3-4-12/h12-15H,1-11H2/t13-,14+/m1/s1. The molecule has 2 nitrogen and oxygen atoms in total. The van der Waals surface area contributed by atoms with Gasteiger partial charge in [-0.25, -0.2) is 0 Å². The summed E-state index contributed by atoms with van der Waals surface area (Å²) in [6, 6.07) is 1.73. The van der Waals surface area contributed by atoms with Crippen molar-refractivity contribution in [3.63, 3.8) is 0 Å². The maximum atomic E-state index is 3.78. The summed E-state index contributed by atoms with van der Waals surface area (Å²) in [6.07, 6.45) is 8.68. The van der Waals surface area contributed by atoms with Crippen LogP contribution < -0.4 is 5.32 Å². The fraction of sp³-hybridized carbons (Fsp3) is 1.00. The molecule has 1 N–H and O–H groups in total. The highest BCUT2D eigenvalue weighted by Crippen LogP contribution is 2.32. The number of nitrogens with zero attached hydrogens (tertiary/aromatic N) is 1. The van der Waals surface area contributed by atoms with E-state index >= 15 is 0 Å². The first-order valence-electron chi connectivity index (χ1n) is 7.47. The third-order valence-corrected chi connectivity index (χ3v) is 5.75. The van der Waals surface area contributed by atoms with Gasteiger partial charge in [-0.3, -0.25) is 0 Å². The quantitative estimate of drug-likeness (QED) is 0.733. The lowest BCUT2D eigenvalue weighted by Crippen LogP contribution is -2.46. The number of rotatable bonds is 6. The molecule has 0 aromatic rings. The lowest BCUT2D eigenvalue weighted by molar-refractivity contribution is 0.168. The zero-order valence-corrected chi connectivity index (χ0v) is 11.7. The highest BCUT2D eigenvalue weighted by atomic mass is 32.2. The summed E-state index contributed by atoms with van der Waals surface area (Å²) in [7, 11) is 0. The Hall–Kier alpha value is 0.270. The van der Waals surface area contributed by atoms with Gasteiger partial charge >= 0.3 is 0 Å². The number of nitrogens with one attached hydrogen (secondary N) is 1. The Kier molecular flexibility index (Phi) is 4.30. The summed E-state index contributed by atoms with van der Waals surface area (Å²) < 4.78 is 0. The predicted octanol–water partition coefficient (Wildman–Crippen LogP) is 2.35. The monoisotopic (exact) mass is 254 g/mol. The van der Waals surface area contributed by atoms with Crippen LogP contribution in [-0.4, -0.2) is 48.1 Å². The number of hydrogen-bond donors (Lipinski definition) is 1. The minimum atomic E-state index is 0.816. The van der Waals surface area contributed by atoms with E-state index in [1.165, 1.54) is 69.7 Å². The number of fused-ring (bicyclic) bond motifs is 1. The lowest BCUT2D eigenvalue weighted by atomic mass is 9.98. The van der Waals surface area contributed by atoms with Gasteiger partial charge in [-0.1, -0.05) is 0 Å². The van der Waals surface area contributed by atoms with Gasteiger partial charge in [-0.2, -0.15) is 11.8 Å². The summed E-state index contributed by atoms with van der Waals surface area (Å²) in [5, 5.41) is 3.78. The molecular formula is C14H26N2S. The largest absolute Gasteiger partial charge is 0.313 e. The van der Waals surface area contributed by atoms with E-state index in [0.29, 0.717) is 0 Å². The fourth-order valence-corrected chi connectivity index (χ4v) is 4.38. The molecule has 2 heterocycles. The number of hydrogen-bond acceptors (Lipinski definition) is 3. The van der Waals surface area contributed by atoms with Crippen molar-refractivity contribution in [1.29, 1.82) is 0 Å². The minimum Gasteiger partial charge on any atom is -0.313 e. The normalized spacial score (nSPS) is 33.9. The van der Waals surface area contributed by atoms with Gasteiger partial charge in [-0.15, -0.1) is 0 Å². The van der Waals surface area contributed by atoms with Crippen LogP contribution in [0.15, 0.2) is 0 Å². The van der Waals surface area contributed by atoms with E-state index in [-0.39, 0.29) is 0 Å². The molecule has 3 rings (SSSR count). The molecule has 0 spiro atoms. The molecule has 17 heavy (non-hydrogen) atoms. The van der Waals surface area contributed by atoms with Crippen molar-refractivity contribution in [3.05, 3.63) is 0 Å². The molecule has 98 valence electrons. The zero-order chi connectivity index (χ0) is 11.5. The summed E-state index contributed by atoms with van der Waals surface area (Å²) in [6.45, 7) is 3.95. The molecule has 3 aliphatic rings. The second-order valence-corrected chi connectivity index (χ2v) is 7.18. The zero-order valence-electron chi connectivity index (χ0n) is 10.9. The van der Waals surface area contributed by atoms with Crippen molar-refractivity contribution in [2.24, 2.45) is 5.92 Å². The second-order valence-electron chi connectivity index (χ2n) is 6.03. The number of thioether (sulfide) groups is 1. The van der Waals surface area contributed by atoms with Gasteiger partial charge in [0.2, 0.25) is 0 Å². The number of piperidine rings is 1. The maximum absolute atomic E-state index is 3.78. The average molecular weight is 254 g/mol. The Morgan fingerprint density at radius 1 is 1.12 bits per heavy atom. The first-order valence-corrected chi connectivity index (χ1v) is 8.62. The molecule has 3 fully saturated rings. The van der Waals surface area contributed by atoms with Crippen LogP contribution in [0.5, 0.6) is 0 Å². The van der Waals surface area contributed by atoms with Crippen LogP contribution in [-0.2, 0) is 0 Å².